The summed E-state index contributed by atoms with van der Waals surface area (Å²) in [5, 5.41) is 3.41. The lowest BCUT2D eigenvalue weighted by Crippen LogP contribution is -2.42. The van der Waals surface area contributed by atoms with Crippen molar-refractivity contribution in [3.05, 3.63) is 64.6 Å². The summed E-state index contributed by atoms with van der Waals surface area (Å²) in [6.07, 6.45) is 0. The molecule has 0 bridgehead atoms. The van der Waals surface area contributed by atoms with Gasteiger partial charge in [0.2, 0.25) is 0 Å². The molecule has 2 N–H and O–H groups in total. The Morgan fingerprint density at radius 3 is 1.50 bits per heavy atom. The van der Waals surface area contributed by atoms with Gasteiger partial charge in [0.15, 0.2) is 5.54 Å². The van der Waals surface area contributed by atoms with Crippen molar-refractivity contribution in [3.63, 3.8) is 0 Å². The molecule has 0 spiro atoms. The number of nitroso groups, excluding NO2 is 1. The topological polar surface area (TPSA) is 73.9 Å². The van der Waals surface area contributed by atoms with E-state index in [1.54, 1.807) is 45.4 Å². The highest BCUT2D eigenvalue weighted by molar-refractivity contribution is 5.44. The summed E-state index contributed by atoms with van der Waals surface area (Å²) in [6, 6.07) is 13.9. The van der Waals surface area contributed by atoms with E-state index in [1.165, 1.54) is 0 Å². The number of hydrogen-bond donors (Lipinski definition) is 1. The fourth-order valence-electron chi connectivity index (χ4n) is 2.57. The summed E-state index contributed by atoms with van der Waals surface area (Å²) in [6.45, 7) is 1.77. The number of methoxy groups -OCH3 is 2. The minimum absolute atomic E-state index is 0.494. The summed E-state index contributed by atoms with van der Waals surface area (Å²) in [5.41, 5.74) is 6.43. The van der Waals surface area contributed by atoms with Gasteiger partial charge in [0.1, 0.15) is 11.5 Å². The predicted molar refractivity (Wildman–Crippen MR) is 86.2 cm³/mol. The van der Waals surface area contributed by atoms with Crippen LogP contribution in [0, 0.1) is 4.91 Å². The number of benzene rings is 2. The Balaban J connectivity index is 2.57. The van der Waals surface area contributed by atoms with Crippen molar-refractivity contribution in [2.75, 3.05) is 14.2 Å². The molecule has 5 nitrogen and oxygen atoms in total. The second-order valence-corrected chi connectivity index (χ2v) is 5.10. The van der Waals surface area contributed by atoms with E-state index < -0.39 is 11.6 Å². The predicted octanol–water partition coefficient (Wildman–Crippen LogP) is 3.06. The molecule has 0 aliphatic heterocycles. The highest BCUT2D eigenvalue weighted by Gasteiger charge is 2.40. The molecule has 2 aromatic carbocycles. The second kappa shape index (κ2) is 6.58. The Morgan fingerprint density at radius 2 is 1.27 bits per heavy atom. The lowest BCUT2D eigenvalue weighted by Gasteiger charge is -2.31. The number of nitrogens with two attached hydrogens (primary N) is 1. The van der Waals surface area contributed by atoms with Crippen molar-refractivity contribution < 1.29 is 9.47 Å². The van der Waals surface area contributed by atoms with Crippen LogP contribution in [0.25, 0.3) is 0 Å². The molecule has 0 aliphatic rings. The molecule has 0 fully saturated rings. The minimum Gasteiger partial charge on any atom is -0.497 e. The van der Waals surface area contributed by atoms with E-state index in [-0.39, 0.29) is 0 Å². The van der Waals surface area contributed by atoms with Crippen LogP contribution in [0.3, 0.4) is 0 Å². The number of ether oxygens (including phenoxy) is 2. The van der Waals surface area contributed by atoms with E-state index in [9.17, 15) is 4.91 Å². The fraction of sp³-hybridized carbons (Fsp3) is 0.294. The van der Waals surface area contributed by atoms with Gasteiger partial charge in [-0.15, -0.1) is 4.91 Å². The standard InChI is InChI=1S/C17H20N2O3/c1-12(18)17(19-20,13-4-8-15(21-2)9-5-13)14-6-10-16(22-3)11-7-14/h4-12H,18H2,1-3H3. The molecule has 5 heteroatoms. The van der Waals surface area contributed by atoms with Crippen molar-refractivity contribution in [1.29, 1.82) is 0 Å². The van der Waals surface area contributed by atoms with Crippen molar-refractivity contribution in [1.82, 2.24) is 0 Å². The largest absolute Gasteiger partial charge is 0.497 e. The molecule has 1 atom stereocenters. The first-order valence-corrected chi connectivity index (χ1v) is 6.97. The van der Waals surface area contributed by atoms with E-state index in [1.807, 2.05) is 24.3 Å². The molecule has 0 radical (unpaired) electrons. The van der Waals surface area contributed by atoms with Gasteiger partial charge in [0.25, 0.3) is 0 Å². The number of hydrogen-bond acceptors (Lipinski definition) is 5. The van der Waals surface area contributed by atoms with Gasteiger partial charge >= 0.3 is 0 Å². The Hall–Kier alpha value is -2.40. The Bertz CT molecular complexity index is 574. The molecule has 22 heavy (non-hydrogen) atoms. The monoisotopic (exact) mass is 300 g/mol. The van der Waals surface area contributed by atoms with Crippen LogP contribution in [-0.2, 0) is 5.54 Å². The summed E-state index contributed by atoms with van der Waals surface area (Å²) in [4.78, 5) is 11.8. The minimum atomic E-state index is -1.15. The van der Waals surface area contributed by atoms with Crippen LogP contribution in [-0.4, -0.2) is 20.3 Å². The van der Waals surface area contributed by atoms with Crippen LogP contribution in [0.15, 0.2) is 53.7 Å². The van der Waals surface area contributed by atoms with Gasteiger partial charge < -0.3 is 15.2 Å². The van der Waals surface area contributed by atoms with Crippen LogP contribution in [0.4, 0.5) is 0 Å². The Kier molecular flexibility index (Phi) is 4.78. The first kappa shape index (κ1) is 16.0. The van der Waals surface area contributed by atoms with Crippen LogP contribution in [0.5, 0.6) is 11.5 Å². The van der Waals surface area contributed by atoms with Crippen LogP contribution in [0.2, 0.25) is 0 Å². The highest BCUT2D eigenvalue weighted by Crippen LogP contribution is 2.37. The van der Waals surface area contributed by atoms with Gasteiger partial charge in [0.05, 0.1) is 14.2 Å². The third-order valence-electron chi connectivity index (χ3n) is 3.86. The van der Waals surface area contributed by atoms with Gasteiger partial charge in [0, 0.05) is 6.04 Å². The van der Waals surface area contributed by atoms with E-state index in [2.05, 4.69) is 5.18 Å². The lowest BCUT2D eigenvalue weighted by molar-refractivity contribution is 0.410. The lowest BCUT2D eigenvalue weighted by atomic mass is 9.78. The summed E-state index contributed by atoms with van der Waals surface area (Å²) in [7, 11) is 3.19. The molecule has 0 saturated carbocycles. The normalized spacial score (nSPS) is 12.5. The zero-order valence-electron chi connectivity index (χ0n) is 12.9. The van der Waals surface area contributed by atoms with Gasteiger partial charge in [-0.1, -0.05) is 29.4 Å². The van der Waals surface area contributed by atoms with Crippen LogP contribution >= 0.6 is 0 Å². The van der Waals surface area contributed by atoms with Crippen molar-refractivity contribution in [2.45, 2.75) is 18.5 Å². The first-order valence-electron chi connectivity index (χ1n) is 6.97. The smallest absolute Gasteiger partial charge is 0.167 e. The quantitative estimate of drug-likeness (QED) is 0.832. The van der Waals surface area contributed by atoms with Crippen LogP contribution in [0.1, 0.15) is 18.1 Å². The Labute approximate surface area is 130 Å². The summed E-state index contributed by atoms with van der Waals surface area (Å²) in [5.74, 6) is 1.42. The molecule has 0 amide bonds. The fourth-order valence-corrected chi connectivity index (χ4v) is 2.57. The van der Waals surface area contributed by atoms with E-state index in [4.69, 9.17) is 15.2 Å². The van der Waals surface area contributed by atoms with Gasteiger partial charge in [-0.05, 0) is 42.3 Å². The van der Waals surface area contributed by atoms with Crippen molar-refractivity contribution in [3.8, 4) is 11.5 Å². The number of rotatable bonds is 6. The third-order valence-corrected chi connectivity index (χ3v) is 3.86. The molecule has 116 valence electrons. The van der Waals surface area contributed by atoms with Gasteiger partial charge in [-0.25, -0.2) is 0 Å². The van der Waals surface area contributed by atoms with Gasteiger partial charge in [-0.3, -0.25) is 0 Å². The van der Waals surface area contributed by atoms with E-state index in [0.717, 1.165) is 11.1 Å². The maximum atomic E-state index is 11.8. The third kappa shape index (κ3) is 2.67. The molecule has 2 aromatic rings. The zero-order chi connectivity index (χ0) is 16.2. The summed E-state index contributed by atoms with van der Waals surface area (Å²) >= 11 is 0. The molecule has 0 heterocycles. The van der Waals surface area contributed by atoms with E-state index >= 15 is 0 Å². The molecule has 0 aliphatic carbocycles. The maximum absolute atomic E-state index is 11.8. The summed E-state index contributed by atoms with van der Waals surface area (Å²) < 4.78 is 10.3. The molecule has 1 unspecified atom stereocenters. The zero-order valence-corrected chi connectivity index (χ0v) is 12.9. The average Bonchev–Trinajstić information content (AvgIpc) is 2.57. The van der Waals surface area contributed by atoms with Gasteiger partial charge in [-0.2, -0.15) is 0 Å². The average molecular weight is 300 g/mol. The SMILES string of the molecule is COc1ccc(C(N=O)(c2ccc(OC)cc2)C(C)N)cc1. The maximum Gasteiger partial charge on any atom is 0.167 e. The molecule has 0 saturated heterocycles. The molecule has 0 aromatic heterocycles. The van der Waals surface area contributed by atoms with Crippen molar-refractivity contribution >= 4 is 0 Å². The number of nitrogens with zero attached hydrogens (tertiary/aromatic N) is 1. The Morgan fingerprint density at radius 1 is 0.909 bits per heavy atom. The molecular weight excluding hydrogens is 280 g/mol. The first-order chi connectivity index (χ1) is 10.6. The second-order valence-electron chi connectivity index (χ2n) is 5.10. The van der Waals surface area contributed by atoms with Crippen molar-refractivity contribution in [2.24, 2.45) is 10.9 Å². The van der Waals surface area contributed by atoms with E-state index in [0.29, 0.717) is 11.5 Å². The highest BCUT2D eigenvalue weighted by atomic mass is 16.5. The molecule has 2 rings (SSSR count). The molecular formula is C17H20N2O3. The van der Waals surface area contributed by atoms with Crippen LogP contribution < -0.4 is 15.2 Å².